The molecule has 0 aliphatic carbocycles. The molecular formula is C10H19N3S2. The van der Waals surface area contributed by atoms with Crippen LogP contribution in [0, 0.1) is 5.92 Å². The van der Waals surface area contributed by atoms with E-state index in [9.17, 15) is 0 Å². The summed E-state index contributed by atoms with van der Waals surface area (Å²) in [6.45, 7) is 5.54. The SMILES string of the molecule is CCC(C)CN(C)c1snc(N)c1SC. The molecule has 0 radical (unpaired) electrons. The molecule has 0 spiro atoms. The smallest absolute Gasteiger partial charge is 0.153 e. The van der Waals surface area contributed by atoms with E-state index < -0.39 is 0 Å². The Hall–Kier alpha value is -0.420. The van der Waals surface area contributed by atoms with Gasteiger partial charge in [-0.05, 0) is 23.7 Å². The molecule has 0 aromatic carbocycles. The summed E-state index contributed by atoms with van der Waals surface area (Å²) in [6.07, 6.45) is 3.24. The predicted molar refractivity (Wildman–Crippen MR) is 71.0 cm³/mol. The van der Waals surface area contributed by atoms with E-state index in [0.717, 1.165) is 11.4 Å². The first-order valence-electron chi connectivity index (χ1n) is 5.10. The van der Waals surface area contributed by atoms with Gasteiger partial charge in [0.25, 0.3) is 0 Å². The Bertz CT molecular complexity index is 312. The largest absolute Gasteiger partial charge is 0.382 e. The Morgan fingerprint density at radius 3 is 2.80 bits per heavy atom. The molecule has 0 saturated heterocycles. The number of nitrogens with two attached hydrogens (primary N) is 1. The fraction of sp³-hybridized carbons (Fsp3) is 0.700. The second-order valence-corrected chi connectivity index (χ2v) is 5.37. The average Bonchev–Trinajstić information content (AvgIpc) is 2.59. The van der Waals surface area contributed by atoms with E-state index in [0.29, 0.717) is 11.7 Å². The van der Waals surface area contributed by atoms with Crippen molar-refractivity contribution in [3.05, 3.63) is 0 Å². The van der Waals surface area contributed by atoms with Gasteiger partial charge in [0.15, 0.2) is 5.82 Å². The highest BCUT2D eigenvalue weighted by Gasteiger charge is 2.15. The third kappa shape index (κ3) is 3.01. The third-order valence-corrected chi connectivity index (χ3v) is 4.41. The number of thioether (sulfide) groups is 1. The third-order valence-electron chi connectivity index (χ3n) is 2.49. The zero-order chi connectivity index (χ0) is 11.4. The van der Waals surface area contributed by atoms with E-state index in [-0.39, 0.29) is 0 Å². The average molecular weight is 245 g/mol. The molecule has 1 aromatic heterocycles. The van der Waals surface area contributed by atoms with Crippen LogP contribution in [0.25, 0.3) is 0 Å². The predicted octanol–water partition coefficient (Wildman–Crippen LogP) is 2.93. The number of rotatable bonds is 5. The first kappa shape index (κ1) is 12.6. The van der Waals surface area contributed by atoms with Gasteiger partial charge >= 0.3 is 0 Å². The summed E-state index contributed by atoms with van der Waals surface area (Å²) in [7, 11) is 2.11. The second kappa shape index (κ2) is 5.61. The molecule has 0 amide bonds. The summed E-state index contributed by atoms with van der Waals surface area (Å²) in [5.41, 5.74) is 5.80. The number of hydrogen-bond donors (Lipinski definition) is 1. The number of aromatic nitrogens is 1. The summed E-state index contributed by atoms with van der Waals surface area (Å²) >= 11 is 3.16. The molecule has 0 aliphatic heterocycles. The van der Waals surface area contributed by atoms with Gasteiger partial charge in [0.05, 0.1) is 4.90 Å². The van der Waals surface area contributed by atoms with Crippen LogP contribution in [0.1, 0.15) is 20.3 Å². The Morgan fingerprint density at radius 1 is 1.60 bits per heavy atom. The topological polar surface area (TPSA) is 42.2 Å². The van der Waals surface area contributed by atoms with Gasteiger partial charge in [-0.3, -0.25) is 0 Å². The lowest BCUT2D eigenvalue weighted by Gasteiger charge is -2.21. The van der Waals surface area contributed by atoms with E-state index in [2.05, 4.69) is 30.2 Å². The molecule has 0 saturated carbocycles. The molecule has 0 fully saturated rings. The van der Waals surface area contributed by atoms with Crippen LogP contribution in [0.2, 0.25) is 0 Å². The van der Waals surface area contributed by atoms with Crippen molar-refractivity contribution in [2.75, 3.05) is 30.5 Å². The molecule has 3 nitrogen and oxygen atoms in total. The lowest BCUT2D eigenvalue weighted by molar-refractivity contribution is 0.560. The van der Waals surface area contributed by atoms with Gasteiger partial charge < -0.3 is 10.6 Å². The van der Waals surface area contributed by atoms with E-state index in [1.165, 1.54) is 23.0 Å². The maximum atomic E-state index is 5.80. The van der Waals surface area contributed by atoms with Crippen molar-refractivity contribution in [1.82, 2.24) is 4.37 Å². The molecule has 1 atom stereocenters. The zero-order valence-electron chi connectivity index (χ0n) is 9.78. The summed E-state index contributed by atoms with van der Waals surface area (Å²) in [6, 6.07) is 0. The van der Waals surface area contributed by atoms with Crippen LogP contribution in [0.3, 0.4) is 0 Å². The van der Waals surface area contributed by atoms with Gasteiger partial charge in [-0.1, -0.05) is 20.3 Å². The van der Waals surface area contributed by atoms with E-state index >= 15 is 0 Å². The molecule has 1 rings (SSSR count). The summed E-state index contributed by atoms with van der Waals surface area (Å²) < 4.78 is 4.20. The van der Waals surface area contributed by atoms with E-state index in [4.69, 9.17) is 5.73 Å². The molecule has 0 aliphatic rings. The van der Waals surface area contributed by atoms with Gasteiger partial charge in [0, 0.05) is 13.6 Å². The second-order valence-electron chi connectivity index (χ2n) is 3.80. The first-order valence-corrected chi connectivity index (χ1v) is 7.10. The van der Waals surface area contributed by atoms with Crippen molar-refractivity contribution in [2.45, 2.75) is 25.2 Å². The van der Waals surface area contributed by atoms with Crippen molar-refractivity contribution in [2.24, 2.45) is 5.92 Å². The Labute approximate surface area is 100 Å². The standard InChI is InChI=1S/C10H19N3S2/c1-5-7(2)6-13(3)10-8(14-4)9(11)12-15-10/h7H,5-6H2,1-4H3,(H2,11,12). The Balaban J connectivity index is 2.77. The summed E-state index contributed by atoms with van der Waals surface area (Å²) in [4.78, 5) is 3.37. The highest BCUT2D eigenvalue weighted by atomic mass is 32.2. The van der Waals surface area contributed by atoms with Crippen LogP contribution in [-0.4, -0.2) is 24.2 Å². The van der Waals surface area contributed by atoms with Gasteiger partial charge in [-0.25, -0.2) is 0 Å². The lowest BCUT2D eigenvalue weighted by atomic mass is 10.1. The van der Waals surface area contributed by atoms with Crippen molar-refractivity contribution >= 4 is 34.1 Å². The molecule has 15 heavy (non-hydrogen) atoms. The molecular weight excluding hydrogens is 226 g/mol. The number of hydrogen-bond acceptors (Lipinski definition) is 5. The van der Waals surface area contributed by atoms with Gasteiger partial charge in [-0.15, -0.1) is 11.8 Å². The summed E-state index contributed by atoms with van der Waals surface area (Å²) in [5.74, 6) is 1.37. The summed E-state index contributed by atoms with van der Waals surface area (Å²) in [5, 5.41) is 1.19. The van der Waals surface area contributed by atoms with Crippen LogP contribution in [0.15, 0.2) is 4.90 Å². The fourth-order valence-electron chi connectivity index (χ4n) is 1.40. The monoisotopic (exact) mass is 245 g/mol. The lowest BCUT2D eigenvalue weighted by Crippen LogP contribution is -2.23. The number of nitrogen functional groups attached to an aromatic ring is 1. The minimum absolute atomic E-state index is 0.665. The van der Waals surface area contributed by atoms with Crippen LogP contribution in [0.4, 0.5) is 10.8 Å². The van der Waals surface area contributed by atoms with Crippen LogP contribution >= 0.6 is 23.3 Å². The number of nitrogens with zero attached hydrogens (tertiary/aromatic N) is 2. The van der Waals surface area contributed by atoms with Crippen LogP contribution < -0.4 is 10.6 Å². The van der Waals surface area contributed by atoms with Gasteiger partial charge in [-0.2, -0.15) is 4.37 Å². The molecule has 2 N–H and O–H groups in total. The molecule has 0 bridgehead atoms. The first-order chi connectivity index (χ1) is 7.10. The van der Waals surface area contributed by atoms with Crippen molar-refractivity contribution < 1.29 is 0 Å². The zero-order valence-corrected chi connectivity index (χ0v) is 11.4. The van der Waals surface area contributed by atoms with E-state index in [1.807, 2.05) is 6.26 Å². The molecule has 5 heteroatoms. The van der Waals surface area contributed by atoms with Crippen molar-refractivity contribution in [3.63, 3.8) is 0 Å². The molecule has 1 aromatic rings. The molecule has 1 unspecified atom stereocenters. The minimum atomic E-state index is 0.665. The van der Waals surface area contributed by atoms with Crippen molar-refractivity contribution in [1.29, 1.82) is 0 Å². The van der Waals surface area contributed by atoms with E-state index in [1.54, 1.807) is 11.8 Å². The van der Waals surface area contributed by atoms with Crippen molar-refractivity contribution in [3.8, 4) is 0 Å². The fourth-order valence-corrected chi connectivity index (χ4v) is 3.08. The Morgan fingerprint density at radius 2 is 2.27 bits per heavy atom. The normalized spacial score (nSPS) is 12.8. The quantitative estimate of drug-likeness (QED) is 0.810. The maximum Gasteiger partial charge on any atom is 0.153 e. The Kier molecular flexibility index (Phi) is 4.73. The maximum absolute atomic E-state index is 5.80. The highest BCUT2D eigenvalue weighted by Crippen LogP contribution is 2.37. The molecule has 1 heterocycles. The number of anilines is 2. The highest BCUT2D eigenvalue weighted by molar-refractivity contribution is 7.99. The van der Waals surface area contributed by atoms with Gasteiger partial charge in [0.2, 0.25) is 0 Å². The van der Waals surface area contributed by atoms with Crippen LogP contribution in [-0.2, 0) is 0 Å². The molecule has 86 valence electrons. The minimum Gasteiger partial charge on any atom is -0.382 e. The van der Waals surface area contributed by atoms with Crippen LogP contribution in [0.5, 0.6) is 0 Å². The van der Waals surface area contributed by atoms with Gasteiger partial charge in [0.1, 0.15) is 5.00 Å².